The number of pyridine rings is 1. The van der Waals surface area contributed by atoms with E-state index in [0.717, 1.165) is 6.07 Å². The van der Waals surface area contributed by atoms with Crippen LogP contribution in [0, 0.1) is 17.3 Å². The summed E-state index contributed by atoms with van der Waals surface area (Å²) in [7, 11) is 0. The van der Waals surface area contributed by atoms with Gasteiger partial charge in [-0.2, -0.15) is 36.0 Å². The molecule has 1 aromatic heterocycles. The van der Waals surface area contributed by atoms with Gasteiger partial charge in [-0.1, -0.05) is 0 Å². The number of hydrogen-bond acceptors (Lipinski definition) is 2. The van der Waals surface area contributed by atoms with Gasteiger partial charge in [-0.25, -0.2) is 4.98 Å². The van der Waals surface area contributed by atoms with Crippen molar-refractivity contribution in [1.82, 2.24) is 4.98 Å². The van der Waals surface area contributed by atoms with E-state index in [4.69, 9.17) is 5.26 Å². The van der Waals surface area contributed by atoms with E-state index in [1.54, 1.807) is 0 Å². The van der Waals surface area contributed by atoms with E-state index >= 15 is 0 Å². The van der Waals surface area contributed by atoms with Crippen LogP contribution in [0.5, 0.6) is 0 Å². The molecule has 0 N–H and O–H groups in total. The molecule has 0 aromatic carbocycles. The first-order valence-electron chi connectivity index (χ1n) is 3.82. The third-order valence-corrected chi connectivity index (χ3v) is 1.67. The van der Waals surface area contributed by atoms with Crippen LogP contribution in [-0.2, 0) is 12.4 Å². The van der Waals surface area contributed by atoms with E-state index in [9.17, 15) is 30.7 Å². The van der Waals surface area contributed by atoms with E-state index in [-0.39, 0.29) is 6.07 Å². The Labute approximate surface area is 89.3 Å². The maximum absolute atomic E-state index is 12.8. The van der Waals surface area contributed by atoms with Crippen LogP contribution in [0.15, 0.2) is 6.07 Å². The molecule has 0 unspecified atom stereocenters. The molecule has 0 saturated carbocycles. The molecule has 0 spiro atoms. The van der Waals surface area contributed by atoms with Gasteiger partial charge in [0.15, 0.2) is 5.69 Å². The predicted octanol–water partition coefficient (Wildman–Crippen LogP) is 3.13. The number of alkyl halides is 6. The lowest BCUT2D eigenvalue weighted by Gasteiger charge is -2.11. The summed E-state index contributed by atoms with van der Waals surface area (Å²) in [5.74, 6) is -2.32. The van der Waals surface area contributed by atoms with Crippen molar-refractivity contribution in [3.8, 4) is 6.07 Å². The molecule has 0 aliphatic heterocycles. The quantitative estimate of drug-likeness (QED) is 0.529. The Morgan fingerprint density at radius 2 is 1.59 bits per heavy atom. The molecule has 0 saturated heterocycles. The second-order valence-electron chi connectivity index (χ2n) is 2.83. The monoisotopic (exact) mass is 258 g/mol. The zero-order chi connectivity index (χ0) is 13.4. The molecule has 0 bridgehead atoms. The fourth-order valence-electron chi connectivity index (χ4n) is 0.991. The standard InChI is InChI=1S/C8HF7N2/c9-6-4(7(10,11)12)1-3(2-16)5(17-6)8(13,14)15/h1H. The van der Waals surface area contributed by atoms with Gasteiger partial charge >= 0.3 is 12.4 Å². The van der Waals surface area contributed by atoms with E-state index in [2.05, 4.69) is 4.98 Å². The summed E-state index contributed by atoms with van der Waals surface area (Å²) in [6.07, 6.45) is -10.4. The minimum atomic E-state index is -5.22. The van der Waals surface area contributed by atoms with E-state index in [1.807, 2.05) is 0 Å². The van der Waals surface area contributed by atoms with Crippen molar-refractivity contribution in [2.75, 3.05) is 0 Å². The minimum Gasteiger partial charge on any atom is -0.213 e. The first-order chi connectivity index (χ1) is 7.57. The number of halogens is 7. The Balaban J connectivity index is 3.53. The molecule has 17 heavy (non-hydrogen) atoms. The Kier molecular flexibility index (Phi) is 3.01. The third-order valence-electron chi connectivity index (χ3n) is 1.67. The van der Waals surface area contributed by atoms with Gasteiger partial charge in [-0.3, -0.25) is 0 Å². The highest BCUT2D eigenvalue weighted by molar-refractivity contribution is 5.38. The number of rotatable bonds is 0. The Hall–Kier alpha value is -1.85. The van der Waals surface area contributed by atoms with Gasteiger partial charge in [0.1, 0.15) is 11.6 Å². The summed E-state index contributed by atoms with van der Waals surface area (Å²) in [6.45, 7) is 0. The van der Waals surface area contributed by atoms with Gasteiger partial charge in [0.25, 0.3) is 0 Å². The lowest BCUT2D eigenvalue weighted by Crippen LogP contribution is -2.17. The summed E-state index contributed by atoms with van der Waals surface area (Å²) in [5, 5.41) is 8.28. The molecule has 0 atom stereocenters. The lowest BCUT2D eigenvalue weighted by molar-refractivity contribution is -0.146. The van der Waals surface area contributed by atoms with Gasteiger partial charge in [0.2, 0.25) is 5.95 Å². The van der Waals surface area contributed by atoms with Crippen LogP contribution in [0.2, 0.25) is 0 Å². The summed E-state index contributed by atoms with van der Waals surface area (Å²) < 4.78 is 85.7. The zero-order valence-electron chi connectivity index (χ0n) is 7.62. The molecule has 1 aromatic rings. The second kappa shape index (κ2) is 3.87. The van der Waals surface area contributed by atoms with Crippen molar-refractivity contribution in [2.45, 2.75) is 12.4 Å². The predicted molar refractivity (Wildman–Crippen MR) is 38.9 cm³/mol. The summed E-state index contributed by atoms with van der Waals surface area (Å²) >= 11 is 0. The molecule has 92 valence electrons. The topological polar surface area (TPSA) is 36.7 Å². The second-order valence-corrected chi connectivity index (χ2v) is 2.83. The Bertz CT molecular complexity index is 480. The van der Waals surface area contributed by atoms with Crippen LogP contribution in [0.4, 0.5) is 30.7 Å². The van der Waals surface area contributed by atoms with Crippen molar-refractivity contribution in [1.29, 1.82) is 5.26 Å². The maximum atomic E-state index is 12.8. The molecule has 1 heterocycles. The SMILES string of the molecule is N#Cc1cc(C(F)(F)F)c(F)nc1C(F)(F)F. The van der Waals surface area contributed by atoms with Crippen molar-refractivity contribution in [2.24, 2.45) is 0 Å². The Morgan fingerprint density at radius 3 is 1.94 bits per heavy atom. The minimum absolute atomic E-state index is 0.217. The van der Waals surface area contributed by atoms with E-state index in [0.29, 0.717) is 0 Å². The first-order valence-corrected chi connectivity index (χ1v) is 3.82. The summed E-state index contributed by atoms with van der Waals surface area (Å²) in [5.41, 5.74) is -5.38. The van der Waals surface area contributed by atoms with Crippen LogP contribution in [0.1, 0.15) is 16.8 Å². The van der Waals surface area contributed by atoms with Gasteiger partial charge in [-0.15, -0.1) is 0 Å². The highest BCUT2D eigenvalue weighted by Crippen LogP contribution is 2.36. The highest BCUT2D eigenvalue weighted by Gasteiger charge is 2.41. The molecule has 0 aliphatic carbocycles. The fourth-order valence-corrected chi connectivity index (χ4v) is 0.991. The van der Waals surface area contributed by atoms with Crippen molar-refractivity contribution in [3.63, 3.8) is 0 Å². The molecule has 0 fully saturated rings. The lowest BCUT2D eigenvalue weighted by atomic mass is 10.1. The molecule has 0 radical (unpaired) electrons. The van der Waals surface area contributed by atoms with Crippen molar-refractivity contribution >= 4 is 0 Å². The van der Waals surface area contributed by atoms with Gasteiger partial charge < -0.3 is 0 Å². The highest BCUT2D eigenvalue weighted by atomic mass is 19.4. The van der Waals surface area contributed by atoms with Crippen molar-refractivity contribution < 1.29 is 30.7 Å². The number of nitrogens with zero attached hydrogens (tertiary/aromatic N) is 2. The van der Waals surface area contributed by atoms with E-state index in [1.165, 1.54) is 0 Å². The van der Waals surface area contributed by atoms with Crippen LogP contribution in [0.25, 0.3) is 0 Å². The van der Waals surface area contributed by atoms with Crippen LogP contribution in [-0.4, -0.2) is 4.98 Å². The largest absolute Gasteiger partial charge is 0.434 e. The smallest absolute Gasteiger partial charge is 0.213 e. The molecule has 9 heteroatoms. The van der Waals surface area contributed by atoms with Crippen LogP contribution < -0.4 is 0 Å². The van der Waals surface area contributed by atoms with Crippen LogP contribution in [0.3, 0.4) is 0 Å². The average molecular weight is 258 g/mol. The Morgan fingerprint density at radius 1 is 1.06 bits per heavy atom. The molecular formula is C8HF7N2. The summed E-state index contributed by atoms with van der Waals surface area (Å²) in [6, 6.07) is 0.676. The number of aromatic nitrogens is 1. The van der Waals surface area contributed by atoms with Gasteiger partial charge in [0, 0.05) is 0 Å². The molecule has 0 aliphatic rings. The molecular weight excluding hydrogens is 257 g/mol. The molecule has 0 amide bonds. The fraction of sp³-hybridized carbons (Fsp3) is 0.250. The van der Waals surface area contributed by atoms with Gasteiger partial charge in [-0.05, 0) is 6.07 Å². The van der Waals surface area contributed by atoms with Gasteiger partial charge in [0.05, 0.1) is 5.56 Å². The van der Waals surface area contributed by atoms with Crippen LogP contribution >= 0.6 is 0 Å². The third kappa shape index (κ3) is 2.64. The van der Waals surface area contributed by atoms with Crippen molar-refractivity contribution in [3.05, 3.63) is 28.8 Å². The first kappa shape index (κ1) is 13.2. The zero-order valence-corrected chi connectivity index (χ0v) is 7.62. The molecule has 2 nitrogen and oxygen atoms in total. The maximum Gasteiger partial charge on any atom is 0.434 e. The summed E-state index contributed by atoms with van der Waals surface area (Å²) in [4.78, 5) is 2.15. The molecule has 1 rings (SSSR count). The number of nitriles is 1. The normalized spacial score (nSPS) is 12.4. The number of hydrogen-bond donors (Lipinski definition) is 0. The van der Waals surface area contributed by atoms with E-state index < -0.39 is 35.1 Å². The average Bonchev–Trinajstić information content (AvgIpc) is 2.14.